The highest BCUT2D eigenvalue weighted by Crippen LogP contribution is 2.21. The van der Waals surface area contributed by atoms with Gasteiger partial charge in [-0.25, -0.2) is 4.68 Å². The molecule has 5 nitrogen and oxygen atoms in total. The number of hydrogen-bond donors (Lipinski definition) is 1. The summed E-state index contributed by atoms with van der Waals surface area (Å²) in [5.74, 6) is 2.53. The summed E-state index contributed by atoms with van der Waals surface area (Å²) in [4.78, 5) is 0. The monoisotopic (exact) mass is 289 g/mol. The molecule has 1 N–H and O–H groups in total. The van der Waals surface area contributed by atoms with Gasteiger partial charge in [-0.15, -0.1) is 5.10 Å². The van der Waals surface area contributed by atoms with Crippen molar-refractivity contribution in [2.45, 2.75) is 31.8 Å². The Morgan fingerprint density at radius 2 is 2.40 bits per heavy atom. The van der Waals surface area contributed by atoms with Gasteiger partial charge in [0.15, 0.2) is 0 Å². The number of nitrogens with one attached hydrogen (secondary N) is 1. The van der Waals surface area contributed by atoms with Crippen LogP contribution in [0.3, 0.4) is 0 Å². The van der Waals surface area contributed by atoms with E-state index in [1.165, 1.54) is 29.9 Å². The fourth-order valence-corrected chi connectivity index (χ4v) is 3.62. The van der Waals surface area contributed by atoms with E-state index in [4.69, 9.17) is 0 Å². The van der Waals surface area contributed by atoms with Crippen LogP contribution >= 0.6 is 11.8 Å². The van der Waals surface area contributed by atoms with Gasteiger partial charge < -0.3 is 5.32 Å². The van der Waals surface area contributed by atoms with Crippen molar-refractivity contribution in [2.75, 3.05) is 11.5 Å². The normalized spacial score (nSPS) is 20.8. The molecule has 3 rings (SSSR count). The van der Waals surface area contributed by atoms with Crippen LogP contribution in [0.15, 0.2) is 30.6 Å². The van der Waals surface area contributed by atoms with Gasteiger partial charge in [0.2, 0.25) is 0 Å². The number of rotatable bonds is 4. The van der Waals surface area contributed by atoms with Crippen molar-refractivity contribution in [3.05, 3.63) is 36.2 Å². The maximum atomic E-state index is 3.93. The van der Waals surface area contributed by atoms with E-state index in [1.807, 2.05) is 17.8 Å². The molecule has 2 unspecified atom stereocenters. The van der Waals surface area contributed by atoms with Crippen LogP contribution in [0.2, 0.25) is 0 Å². The molecule has 0 radical (unpaired) electrons. The molecule has 0 spiro atoms. The average molecular weight is 289 g/mol. The van der Waals surface area contributed by atoms with Crippen LogP contribution in [-0.4, -0.2) is 37.8 Å². The van der Waals surface area contributed by atoms with Crippen molar-refractivity contribution in [2.24, 2.45) is 0 Å². The predicted molar refractivity (Wildman–Crippen MR) is 81.1 cm³/mol. The Balaban J connectivity index is 1.71. The molecular weight excluding hydrogens is 270 g/mol. The van der Waals surface area contributed by atoms with Crippen molar-refractivity contribution >= 4 is 11.8 Å². The molecular formula is C14H19N5S. The molecule has 1 aliphatic heterocycles. The van der Waals surface area contributed by atoms with Crippen LogP contribution < -0.4 is 5.32 Å². The molecule has 2 aromatic rings. The molecule has 2 atom stereocenters. The Kier molecular flexibility index (Phi) is 4.32. The van der Waals surface area contributed by atoms with E-state index < -0.39 is 0 Å². The van der Waals surface area contributed by atoms with Gasteiger partial charge in [-0.05, 0) is 53.6 Å². The van der Waals surface area contributed by atoms with Gasteiger partial charge in [-0.1, -0.05) is 12.1 Å². The molecule has 1 saturated heterocycles. The maximum Gasteiger partial charge on any atom is 0.143 e. The second kappa shape index (κ2) is 6.37. The molecule has 1 fully saturated rings. The summed E-state index contributed by atoms with van der Waals surface area (Å²) >= 11 is 2.05. The van der Waals surface area contributed by atoms with E-state index in [2.05, 4.69) is 46.0 Å². The Morgan fingerprint density at radius 3 is 3.15 bits per heavy atom. The first-order chi connectivity index (χ1) is 9.83. The first kappa shape index (κ1) is 13.6. The zero-order valence-electron chi connectivity index (χ0n) is 11.6. The lowest BCUT2D eigenvalue weighted by atomic mass is 10.1. The Labute approximate surface area is 123 Å². The van der Waals surface area contributed by atoms with Gasteiger partial charge >= 0.3 is 0 Å². The number of hydrogen-bond acceptors (Lipinski definition) is 5. The molecule has 6 heteroatoms. The zero-order chi connectivity index (χ0) is 13.8. The third-order valence-electron chi connectivity index (χ3n) is 3.63. The van der Waals surface area contributed by atoms with Crippen molar-refractivity contribution < 1.29 is 0 Å². The smallest absolute Gasteiger partial charge is 0.143 e. The SMILES string of the molecule is CC(NC1CCCSC1)c1cccc(-n2cnnn2)c1. The summed E-state index contributed by atoms with van der Waals surface area (Å²) in [5, 5.41) is 15.0. The lowest BCUT2D eigenvalue weighted by Gasteiger charge is -2.26. The fourth-order valence-electron chi connectivity index (χ4n) is 2.54. The number of aromatic nitrogens is 4. The van der Waals surface area contributed by atoms with Crippen LogP contribution in [0.25, 0.3) is 5.69 Å². The Bertz CT molecular complexity index is 536. The van der Waals surface area contributed by atoms with E-state index in [9.17, 15) is 0 Å². The van der Waals surface area contributed by atoms with Crippen LogP contribution in [0.4, 0.5) is 0 Å². The summed E-state index contributed by atoms with van der Waals surface area (Å²) < 4.78 is 1.69. The highest BCUT2D eigenvalue weighted by molar-refractivity contribution is 7.99. The minimum absolute atomic E-state index is 0.343. The van der Waals surface area contributed by atoms with Crippen LogP contribution in [0, 0.1) is 0 Å². The Hall–Kier alpha value is -1.40. The average Bonchev–Trinajstić information content (AvgIpc) is 3.03. The quantitative estimate of drug-likeness (QED) is 0.935. The molecule has 0 aliphatic carbocycles. The predicted octanol–water partition coefficient (Wildman–Crippen LogP) is 2.21. The number of benzene rings is 1. The molecule has 1 aromatic carbocycles. The molecule has 20 heavy (non-hydrogen) atoms. The summed E-state index contributed by atoms with van der Waals surface area (Å²) in [7, 11) is 0. The van der Waals surface area contributed by atoms with Crippen molar-refractivity contribution in [1.82, 2.24) is 25.5 Å². The molecule has 2 heterocycles. The van der Waals surface area contributed by atoms with Gasteiger partial charge in [0.05, 0.1) is 5.69 Å². The third-order valence-corrected chi connectivity index (χ3v) is 4.85. The van der Waals surface area contributed by atoms with Gasteiger partial charge in [-0.2, -0.15) is 11.8 Å². The molecule has 0 amide bonds. The van der Waals surface area contributed by atoms with Crippen molar-refractivity contribution in [1.29, 1.82) is 0 Å². The van der Waals surface area contributed by atoms with Gasteiger partial charge in [0.1, 0.15) is 6.33 Å². The first-order valence-corrected chi connectivity index (χ1v) is 8.15. The molecule has 0 saturated carbocycles. The van der Waals surface area contributed by atoms with Gasteiger partial charge in [0, 0.05) is 17.8 Å². The molecule has 1 aromatic heterocycles. The highest BCUT2D eigenvalue weighted by Gasteiger charge is 2.16. The van der Waals surface area contributed by atoms with Crippen LogP contribution in [0.1, 0.15) is 31.4 Å². The van der Waals surface area contributed by atoms with Crippen molar-refractivity contribution in [3.8, 4) is 5.69 Å². The first-order valence-electron chi connectivity index (χ1n) is 7.00. The van der Waals surface area contributed by atoms with E-state index in [1.54, 1.807) is 11.0 Å². The number of nitrogens with zero attached hydrogens (tertiary/aromatic N) is 4. The fraction of sp³-hybridized carbons (Fsp3) is 0.500. The third kappa shape index (κ3) is 3.19. The lowest BCUT2D eigenvalue weighted by Crippen LogP contribution is -2.35. The minimum atomic E-state index is 0.343. The second-order valence-electron chi connectivity index (χ2n) is 5.15. The lowest BCUT2D eigenvalue weighted by molar-refractivity contribution is 0.452. The van der Waals surface area contributed by atoms with Gasteiger partial charge in [0.25, 0.3) is 0 Å². The summed E-state index contributed by atoms with van der Waals surface area (Å²) in [6.07, 6.45) is 4.22. The van der Waals surface area contributed by atoms with E-state index >= 15 is 0 Å². The van der Waals surface area contributed by atoms with E-state index in [-0.39, 0.29) is 0 Å². The summed E-state index contributed by atoms with van der Waals surface area (Å²) in [6.45, 7) is 2.22. The molecule has 106 valence electrons. The number of tetrazole rings is 1. The standard InChI is InChI=1S/C14H19N5S/c1-11(16-13-5-3-7-20-9-13)12-4-2-6-14(8-12)19-10-15-17-18-19/h2,4,6,8,10-11,13,16H,3,5,7,9H2,1H3. The topological polar surface area (TPSA) is 55.6 Å². The van der Waals surface area contributed by atoms with E-state index in [0.29, 0.717) is 12.1 Å². The number of thioether (sulfide) groups is 1. The highest BCUT2D eigenvalue weighted by atomic mass is 32.2. The minimum Gasteiger partial charge on any atom is -0.307 e. The largest absolute Gasteiger partial charge is 0.307 e. The molecule has 0 bridgehead atoms. The van der Waals surface area contributed by atoms with Crippen LogP contribution in [-0.2, 0) is 0 Å². The Morgan fingerprint density at radius 1 is 1.45 bits per heavy atom. The summed E-state index contributed by atoms with van der Waals surface area (Å²) in [5.41, 5.74) is 2.27. The maximum absolute atomic E-state index is 3.93. The second-order valence-corrected chi connectivity index (χ2v) is 6.30. The zero-order valence-corrected chi connectivity index (χ0v) is 12.4. The van der Waals surface area contributed by atoms with E-state index in [0.717, 1.165) is 5.69 Å². The van der Waals surface area contributed by atoms with Gasteiger partial charge in [-0.3, -0.25) is 0 Å². The molecule has 1 aliphatic rings. The van der Waals surface area contributed by atoms with Crippen molar-refractivity contribution in [3.63, 3.8) is 0 Å². The van der Waals surface area contributed by atoms with Crippen LogP contribution in [0.5, 0.6) is 0 Å². The summed E-state index contributed by atoms with van der Waals surface area (Å²) in [6, 6.07) is 9.34.